The number of ether oxygens (including phenoxy) is 2. The van der Waals surface area contributed by atoms with E-state index in [1.165, 1.54) is 0 Å². The Bertz CT molecular complexity index is 406. The highest BCUT2D eigenvalue weighted by molar-refractivity contribution is 6.32. The largest absolute Gasteiger partial charge is 0.491 e. The first-order chi connectivity index (χ1) is 9.74. The van der Waals surface area contributed by atoms with Crippen molar-refractivity contribution in [2.45, 2.75) is 6.42 Å². The summed E-state index contributed by atoms with van der Waals surface area (Å²) in [6.07, 6.45) is 0.309. The van der Waals surface area contributed by atoms with Gasteiger partial charge in [0.15, 0.2) is 0 Å². The summed E-state index contributed by atoms with van der Waals surface area (Å²) in [5, 5.41) is 6.50. The molecule has 0 bridgehead atoms. The molecule has 21 heavy (non-hydrogen) atoms. The average molecular weight is 337 g/mol. The van der Waals surface area contributed by atoms with Gasteiger partial charge in [0.25, 0.3) is 0 Å². The molecule has 0 unspecified atom stereocenters. The molecule has 120 valence electrons. The molecule has 0 atom stereocenters. The van der Waals surface area contributed by atoms with Crippen molar-refractivity contribution in [2.24, 2.45) is 0 Å². The third-order valence-corrected chi connectivity index (χ3v) is 2.84. The number of carbonyl (C=O) groups is 1. The van der Waals surface area contributed by atoms with E-state index in [0.29, 0.717) is 37.0 Å². The second kappa shape index (κ2) is 12.7. The van der Waals surface area contributed by atoms with Crippen LogP contribution in [0.3, 0.4) is 0 Å². The molecule has 1 aromatic rings. The van der Waals surface area contributed by atoms with Crippen LogP contribution in [-0.2, 0) is 9.53 Å². The number of benzene rings is 1. The summed E-state index contributed by atoms with van der Waals surface area (Å²) in [4.78, 5) is 11.5. The fourth-order valence-electron chi connectivity index (χ4n) is 1.49. The van der Waals surface area contributed by atoms with E-state index in [1.807, 2.05) is 12.1 Å². The average Bonchev–Trinajstić information content (AvgIpc) is 2.45. The lowest BCUT2D eigenvalue weighted by atomic mass is 10.3. The van der Waals surface area contributed by atoms with Crippen LogP contribution in [0.4, 0.5) is 0 Å². The number of methoxy groups -OCH3 is 1. The zero-order valence-corrected chi connectivity index (χ0v) is 13.6. The van der Waals surface area contributed by atoms with E-state index >= 15 is 0 Å². The number of carbonyl (C=O) groups excluding carboxylic acids is 1. The number of nitrogens with one attached hydrogen (secondary N) is 2. The van der Waals surface area contributed by atoms with Gasteiger partial charge in [0.1, 0.15) is 5.75 Å². The first-order valence-corrected chi connectivity index (χ1v) is 6.95. The summed E-state index contributed by atoms with van der Waals surface area (Å²) in [5.41, 5.74) is 0. The molecule has 1 rings (SSSR count). The van der Waals surface area contributed by atoms with Gasteiger partial charge in [0, 0.05) is 26.7 Å². The van der Waals surface area contributed by atoms with Gasteiger partial charge in [-0.2, -0.15) is 0 Å². The van der Waals surface area contributed by atoms with Crippen LogP contribution in [0.15, 0.2) is 24.3 Å². The minimum atomic E-state index is -0.0365. The topological polar surface area (TPSA) is 59.6 Å². The van der Waals surface area contributed by atoms with Crippen molar-refractivity contribution in [3.8, 4) is 5.75 Å². The van der Waals surface area contributed by atoms with Crippen molar-refractivity contribution in [2.75, 3.05) is 40.0 Å². The van der Waals surface area contributed by atoms with E-state index in [2.05, 4.69) is 10.6 Å². The van der Waals surface area contributed by atoms with E-state index in [9.17, 15) is 4.79 Å². The predicted octanol–water partition coefficient (Wildman–Crippen LogP) is 1.88. The summed E-state index contributed by atoms with van der Waals surface area (Å²) < 4.78 is 10.3. The molecule has 0 aliphatic carbocycles. The van der Waals surface area contributed by atoms with Crippen LogP contribution < -0.4 is 15.4 Å². The van der Waals surface area contributed by atoms with Gasteiger partial charge in [-0.15, -0.1) is 12.4 Å². The van der Waals surface area contributed by atoms with Crippen LogP contribution in [-0.4, -0.2) is 45.9 Å². The standard InChI is InChI=1S/C14H21ClN2O3.ClH/c1-19-11-9-16-7-8-17-14(18)6-10-20-13-5-3-2-4-12(13)15;/h2-5,16H,6-11H2,1H3,(H,17,18);1H. The molecule has 0 heterocycles. The molecular formula is C14H22Cl2N2O3. The summed E-state index contributed by atoms with van der Waals surface area (Å²) in [7, 11) is 1.66. The molecule has 1 amide bonds. The Labute approximate surface area is 136 Å². The molecule has 5 nitrogen and oxygen atoms in total. The van der Waals surface area contributed by atoms with Crippen molar-refractivity contribution >= 4 is 29.9 Å². The normalized spacial score (nSPS) is 9.81. The van der Waals surface area contributed by atoms with Crippen LogP contribution in [0.2, 0.25) is 5.02 Å². The van der Waals surface area contributed by atoms with Crippen LogP contribution in [0.25, 0.3) is 0 Å². The SMILES string of the molecule is COCCNCCNC(=O)CCOc1ccccc1Cl.Cl. The summed E-state index contributed by atoms with van der Waals surface area (Å²) in [6.45, 7) is 3.07. The fraction of sp³-hybridized carbons (Fsp3) is 0.500. The van der Waals surface area contributed by atoms with E-state index < -0.39 is 0 Å². The van der Waals surface area contributed by atoms with Crippen molar-refractivity contribution in [3.05, 3.63) is 29.3 Å². The lowest BCUT2D eigenvalue weighted by Crippen LogP contribution is -2.33. The Morgan fingerprint density at radius 1 is 1.19 bits per heavy atom. The number of para-hydroxylation sites is 1. The maximum absolute atomic E-state index is 11.5. The predicted molar refractivity (Wildman–Crippen MR) is 86.6 cm³/mol. The molecule has 1 aromatic carbocycles. The second-order valence-corrected chi connectivity index (χ2v) is 4.53. The zero-order chi connectivity index (χ0) is 14.6. The van der Waals surface area contributed by atoms with Crippen molar-refractivity contribution < 1.29 is 14.3 Å². The Hall–Kier alpha value is -1.01. The lowest BCUT2D eigenvalue weighted by Gasteiger charge is -2.08. The van der Waals surface area contributed by atoms with Crippen LogP contribution in [0.5, 0.6) is 5.75 Å². The monoisotopic (exact) mass is 336 g/mol. The van der Waals surface area contributed by atoms with Crippen molar-refractivity contribution in [1.82, 2.24) is 10.6 Å². The summed E-state index contributed by atoms with van der Waals surface area (Å²) in [6, 6.07) is 7.20. The minimum absolute atomic E-state index is 0. The van der Waals surface area contributed by atoms with Crippen LogP contribution in [0, 0.1) is 0 Å². The van der Waals surface area contributed by atoms with Gasteiger partial charge in [-0.1, -0.05) is 23.7 Å². The lowest BCUT2D eigenvalue weighted by molar-refractivity contribution is -0.121. The van der Waals surface area contributed by atoms with Crippen LogP contribution in [0.1, 0.15) is 6.42 Å². The Kier molecular flexibility index (Phi) is 12.1. The van der Waals surface area contributed by atoms with Gasteiger partial charge in [-0.25, -0.2) is 0 Å². The molecule has 0 fully saturated rings. The molecule has 0 aromatic heterocycles. The number of amides is 1. The Morgan fingerprint density at radius 2 is 1.95 bits per heavy atom. The number of halogens is 2. The summed E-state index contributed by atoms with van der Waals surface area (Å²) >= 11 is 5.94. The molecule has 0 radical (unpaired) electrons. The van der Waals surface area contributed by atoms with Crippen molar-refractivity contribution in [1.29, 1.82) is 0 Å². The number of hydrogen-bond donors (Lipinski definition) is 2. The van der Waals surface area contributed by atoms with Gasteiger partial charge in [0.2, 0.25) is 5.91 Å². The zero-order valence-electron chi connectivity index (χ0n) is 12.1. The van der Waals surface area contributed by atoms with Crippen LogP contribution >= 0.6 is 24.0 Å². The molecule has 0 aliphatic heterocycles. The number of hydrogen-bond acceptors (Lipinski definition) is 4. The highest BCUT2D eigenvalue weighted by Crippen LogP contribution is 2.22. The van der Waals surface area contributed by atoms with E-state index in [1.54, 1.807) is 19.2 Å². The molecule has 0 spiro atoms. The molecular weight excluding hydrogens is 315 g/mol. The van der Waals surface area contributed by atoms with Gasteiger partial charge in [-0.05, 0) is 12.1 Å². The first-order valence-electron chi connectivity index (χ1n) is 6.57. The Balaban J connectivity index is 0.00000400. The van der Waals surface area contributed by atoms with Crippen molar-refractivity contribution in [3.63, 3.8) is 0 Å². The second-order valence-electron chi connectivity index (χ2n) is 4.12. The minimum Gasteiger partial charge on any atom is -0.491 e. The maximum Gasteiger partial charge on any atom is 0.223 e. The quantitative estimate of drug-likeness (QED) is 0.640. The fourth-order valence-corrected chi connectivity index (χ4v) is 1.68. The van der Waals surface area contributed by atoms with E-state index in [-0.39, 0.29) is 18.3 Å². The molecule has 2 N–H and O–H groups in total. The smallest absolute Gasteiger partial charge is 0.223 e. The first kappa shape index (κ1) is 20.0. The van der Waals surface area contributed by atoms with Gasteiger partial charge in [-0.3, -0.25) is 4.79 Å². The third-order valence-electron chi connectivity index (χ3n) is 2.53. The summed E-state index contributed by atoms with van der Waals surface area (Å²) in [5.74, 6) is 0.564. The van der Waals surface area contributed by atoms with E-state index in [4.69, 9.17) is 21.1 Å². The molecule has 0 saturated heterocycles. The van der Waals surface area contributed by atoms with Gasteiger partial charge >= 0.3 is 0 Å². The third kappa shape index (κ3) is 9.52. The van der Waals surface area contributed by atoms with Gasteiger partial charge < -0.3 is 20.1 Å². The molecule has 0 saturated carbocycles. The Morgan fingerprint density at radius 3 is 2.67 bits per heavy atom. The van der Waals surface area contributed by atoms with E-state index in [0.717, 1.165) is 13.1 Å². The highest BCUT2D eigenvalue weighted by Gasteiger charge is 2.03. The maximum atomic E-state index is 11.5. The number of rotatable bonds is 10. The molecule has 0 aliphatic rings. The van der Waals surface area contributed by atoms with Gasteiger partial charge in [0.05, 0.1) is 24.7 Å². The molecule has 7 heteroatoms. The highest BCUT2D eigenvalue weighted by atomic mass is 35.5.